The van der Waals surface area contributed by atoms with E-state index in [0.717, 1.165) is 25.7 Å². The fourth-order valence-corrected chi connectivity index (χ4v) is 2.25. The van der Waals surface area contributed by atoms with Crippen LogP contribution in [0, 0.1) is 5.92 Å². The highest BCUT2D eigenvalue weighted by atomic mass is 16.3. The maximum Gasteiger partial charge on any atom is 0.242 e. The minimum atomic E-state index is -0.780. The molecule has 1 aliphatic rings. The number of carbonyl (C=O) groups excluding carboxylic acids is 2. The van der Waals surface area contributed by atoms with Gasteiger partial charge in [0.2, 0.25) is 11.8 Å². The third kappa shape index (κ3) is 4.64. The molecule has 1 rings (SSSR count). The molecule has 1 fully saturated rings. The van der Waals surface area contributed by atoms with Crippen molar-refractivity contribution >= 4 is 11.8 Å². The molecule has 0 aromatic rings. The molecule has 0 saturated heterocycles. The van der Waals surface area contributed by atoms with Gasteiger partial charge in [-0.25, -0.2) is 0 Å². The Bertz CT molecular complexity index is 309. The highest BCUT2D eigenvalue weighted by Crippen LogP contribution is 2.31. The molecule has 0 aliphatic heterocycles. The summed E-state index contributed by atoms with van der Waals surface area (Å²) in [6.45, 7) is 5.45. The Balaban J connectivity index is 2.35. The molecule has 0 spiro atoms. The summed E-state index contributed by atoms with van der Waals surface area (Å²) in [6.07, 6.45) is 3.44. The Morgan fingerprint density at radius 1 is 1.39 bits per heavy atom. The zero-order valence-electron chi connectivity index (χ0n) is 11.5. The second kappa shape index (κ2) is 6.18. The Morgan fingerprint density at radius 3 is 2.44 bits per heavy atom. The number of rotatable bonds is 4. The number of amides is 2. The minimum Gasteiger partial charge on any atom is -0.388 e. The lowest BCUT2D eigenvalue weighted by molar-refractivity contribution is -0.128. The quantitative estimate of drug-likeness (QED) is 0.688. The SMILES string of the molecule is CC(=O)NC(C)C(=O)NCC1(O)CCC(C)CC1. The molecule has 0 aromatic heterocycles. The lowest BCUT2D eigenvalue weighted by Gasteiger charge is -2.35. The van der Waals surface area contributed by atoms with Crippen LogP contribution in [0.1, 0.15) is 46.5 Å². The van der Waals surface area contributed by atoms with Crippen LogP contribution < -0.4 is 10.6 Å². The first kappa shape index (κ1) is 15.0. The molecule has 0 radical (unpaired) electrons. The summed E-state index contributed by atoms with van der Waals surface area (Å²) in [7, 11) is 0. The maximum atomic E-state index is 11.7. The van der Waals surface area contributed by atoms with Gasteiger partial charge in [-0.1, -0.05) is 6.92 Å². The maximum absolute atomic E-state index is 11.7. The van der Waals surface area contributed by atoms with Gasteiger partial charge < -0.3 is 15.7 Å². The Kier molecular flexibility index (Phi) is 5.14. The summed E-state index contributed by atoms with van der Waals surface area (Å²) < 4.78 is 0. The average Bonchev–Trinajstić information content (AvgIpc) is 2.29. The van der Waals surface area contributed by atoms with E-state index in [1.54, 1.807) is 6.92 Å². The number of hydrogen-bond donors (Lipinski definition) is 3. The van der Waals surface area contributed by atoms with Crippen molar-refractivity contribution in [2.45, 2.75) is 58.1 Å². The third-order valence-corrected chi connectivity index (χ3v) is 3.61. The van der Waals surface area contributed by atoms with Crippen LogP contribution in [0.2, 0.25) is 0 Å². The molecule has 1 saturated carbocycles. The second-order valence-electron chi connectivity index (χ2n) is 5.55. The van der Waals surface area contributed by atoms with E-state index in [9.17, 15) is 14.7 Å². The van der Waals surface area contributed by atoms with Crippen LogP contribution in [0.4, 0.5) is 0 Å². The Hall–Kier alpha value is -1.10. The predicted molar refractivity (Wildman–Crippen MR) is 68.9 cm³/mol. The molecule has 2 amide bonds. The summed E-state index contributed by atoms with van der Waals surface area (Å²) in [5.41, 5.74) is -0.780. The highest BCUT2D eigenvalue weighted by Gasteiger charge is 2.32. The number of hydrogen-bond acceptors (Lipinski definition) is 3. The molecular weight excluding hydrogens is 232 g/mol. The number of aliphatic hydroxyl groups is 1. The van der Waals surface area contributed by atoms with Gasteiger partial charge in [-0.15, -0.1) is 0 Å². The zero-order valence-corrected chi connectivity index (χ0v) is 11.5. The average molecular weight is 256 g/mol. The van der Waals surface area contributed by atoms with E-state index < -0.39 is 11.6 Å². The summed E-state index contributed by atoms with van der Waals surface area (Å²) in [5.74, 6) is 0.166. The van der Waals surface area contributed by atoms with Crippen LogP contribution in [0.25, 0.3) is 0 Å². The van der Waals surface area contributed by atoms with Crippen LogP contribution >= 0.6 is 0 Å². The standard InChI is InChI=1S/C13H24N2O3/c1-9-4-6-13(18,7-5-9)8-14-12(17)10(2)15-11(3)16/h9-10,18H,4-8H2,1-3H3,(H,14,17)(H,15,16). The van der Waals surface area contributed by atoms with Gasteiger partial charge in [0.15, 0.2) is 0 Å². The second-order valence-corrected chi connectivity index (χ2v) is 5.55. The van der Waals surface area contributed by atoms with Crippen LogP contribution in [-0.2, 0) is 9.59 Å². The fourth-order valence-electron chi connectivity index (χ4n) is 2.25. The van der Waals surface area contributed by atoms with E-state index in [1.807, 2.05) is 0 Å². The van der Waals surface area contributed by atoms with Gasteiger partial charge >= 0.3 is 0 Å². The van der Waals surface area contributed by atoms with Gasteiger partial charge in [0.1, 0.15) is 6.04 Å². The summed E-state index contributed by atoms with van der Waals surface area (Å²) >= 11 is 0. The molecule has 5 nitrogen and oxygen atoms in total. The molecule has 0 bridgehead atoms. The van der Waals surface area contributed by atoms with Gasteiger partial charge in [-0.2, -0.15) is 0 Å². The molecule has 104 valence electrons. The molecule has 18 heavy (non-hydrogen) atoms. The zero-order chi connectivity index (χ0) is 13.8. The Labute approximate surface area is 108 Å². The largest absolute Gasteiger partial charge is 0.388 e. The van der Waals surface area contributed by atoms with Gasteiger partial charge in [-0.3, -0.25) is 9.59 Å². The van der Waals surface area contributed by atoms with Crippen molar-refractivity contribution in [2.24, 2.45) is 5.92 Å². The first-order valence-corrected chi connectivity index (χ1v) is 6.59. The normalized spacial score (nSPS) is 29.4. The van der Waals surface area contributed by atoms with Gasteiger partial charge in [0.05, 0.1) is 5.60 Å². The van der Waals surface area contributed by atoms with E-state index in [2.05, 4.69) is 17.6 Å². The highest BCUT2D eigenvalue weighted by molar-refractivity contribution is 5.86. The van der Waals surface area contributed by atoms with E-state index in [4.69, 9.17) is 0 Å². The number of carbonyl (C=O) groups is 2. The van der Waals surface area contributed by atoms with Crippen LogP contribution in [-0.4, -0.2) is 35.1 Å². The molecule has 1 aliphatic carbocycles. The third-order valence-electron chi connectivity index (χ3n) is 3.61. The van der Waals surface area contributed by atoms with Crippen LogP contribution in [0.15, 0.2) is 0 Å². The van der Waals surface area contributed by atoms with Crippen molar-refractivity contribution in [3.63, 3.8) is 0 Å². The fraction of sp³-hybridized carbons (Fsp3) is 0.846. The summed E-state index contributed by atoms with van der Waals surface area (Å²) in [4.78, 5) is 22.5. The molecule has 1 atom stereocenters. The van der Waals surface area contributed by atoms with Crippen molar-refractivity contribution in [3.05, 3.63) is 0 Å². The number of nitrogens with one attached hydrogen (secondary N) is 2. The van der Waals surface area contributed by atoms with Crippen molar-refractivity contribution in [1.29, 1.82) is 0 Å². The monoisotopic (exact) mass is 256 g/mol. The molecule has 0 aromatic carbocycles. The van der Waals surface area contributed by atoms with Crippen molar-refractivity contribution in [3.8, 4) is 0 Å². The molecule has 5 heteroatoms. The van der Waals surface area contributed by atoms with E-state index in [1.165, 1.54) is 6.92 Å². The van der Waals surface area contributed by atoms with Crippen LogP contribution in [0.3, 0.4) is 0 Å². The van der Waals surface area contributed by atoms with Crippen molar-refractivity contribution in [2.75, 3.05) is 6.54 Å². The summed E-state index contributed by atoms with van der Waals surface area (Å²) in [5, 5.41) is 15.5. The van der Waals surface area contributed by atoms with Crippen molar-refractivity contribution in [1.82, 2.24) is 10.6 Å². The predicted octanol–water partition coefficient (Wildman–Crippen LogP) is 0.568. The Morgan fingerprint density at radius 2 is 1.94 bits per heavy atom. The smallest absolute Gasteiger partial charge is 0.242 e. The van der Waals surface area contributed by atoms with E-state index >= 15 is 0 Å². The summed E-state index contributed by atoms with van der Waals surface area (Å²) in [6, 6.07) is -0.561. The molecule has 3 N–H and O–H groups in total. The van der Waals surface area contributed by atoms with Gasteiger partial charge in [-0.05, 0) is 38.5 Å². The van der Waals surface area contributed by atoms with Crippen molar-refractivity contribution < 1.29 is 14.7 Å². The van der Waals surface area contributed by atoms with Gasteiger partial charge in [0, 0.05) is 13.5 Å². The first-order valence-electron chi connectivity index (χ1n) is 6.59. The van der Waals surface area contributed by atoms with Gasteiger partial charge in [0.25, 0.3) is 0 Å². The first-order chi connectivity index (χ1) is 8.32. The molecular formula is C13H24N2O3. The lowest BCUT2D eigenvalue weighted by atomic mass is 9.79. The molecule has 0 heterocycles. The minimum absolute atomic E-state index is 0.233. The lowest BCUT2D eigenvalue weighted by Crippen LogP contribution is -2.50. The van der Waals surface area contributed by atoms with Crippen LogP contribution in [0.5, 0.6) is 0 Å². The topological polar surface area (TPSA) is 78.4 Å². The molecule has 1 unspecified atom stereocenters. The van der Waals surface area contributed by atoms with E-state index in [0.29, 0.717) is 5.92 Å². The van der Waals surface area contributed by atoms with E-state index in [-0.39, 0.29) is 18.4 Å².